The molecule has 0 unspecified atom stereocenters. The molecule has 1 aromatic heterocycles. The van der Waals surface area contributed by atoms with Crippen molar-refractivity contribution < 1.29 is 0 Å². The highest BCUT2D eigenvalue weighted by atomic mass is 15.2. The summed E-state index contributed by atoms with van der Waals surface area (Å²) in [6.07, 6.45) is 3.23. The summed E-state index contributed by atoms with van der Waals surface area (Å²) in [6, 6.07) is 3.82. The number of nitrogens with one attached hydrogen (secondary N) is 1. The summed E-state index contributed by atoms with van der Waals surface area (Å²) >= 11 is 0. The topological polar surface area (TPSA) is 52.0 Å². The average Bonchev–Trinajstić information content (AvgIpc) is 2.40. The predicted octanol–water partition coefficient (Wildman–Crippen LogP) is 0.210. The number of aromatic nitrogens is 1. The Balaban J connectivity index is 1.93. The molecule has 1 saturated heterocycles. The Morgan fingerprint density at radius 1 is 1.29 bits per heavy atom. The molecule has 0 amide bonds. The van der Waals surface area contributed by atoms with Crippen LogP contribution in [0.25, 0.3) is 0 Å². The normalized spacial score (nSPS) is 15.7. The smallest absolute Gasteiger partial charge is 0.101 e. The molecule has 1 aliphatic heterocycles. The third-order valence-electron chi connectivity index (χ3n) is 2.61. The van der Waals surface area contributed by atoms with Crippen LogP contribution < -0.4 is 5.32 Å². The van der Waals surface area contributed by atoms with Crippen LogP contribution in [0.5, 0.6) is 0 Å². The fourth-order valence-corrected chi connectivity index (χ4v) is 1.69. The number of nitrogens with zero attached hydrogens (tertiary/aromatic N) is 3. The van der Waals surface area contributed by atoms with Crippen molar-refractivity contribution in [3.63, 3.8) is 0 Å². The molecule has 0 spiro atoms. The third-order valence-corrected chi connectivity index (χ3v) is 2.61. The SMILES string of the molecule is N#Cc1cncc(C#CCN2CCNCC2)c1. The van der Waals surface area contributed by atoms with Gasteiger partial charge in [0.2, 0.25) is 0 Å². The summed E-state index contributed by atoms with van der Waals surface area (Å²) < 4.78 is 0. The van der Waals surface area contributed by atoms with Gasteiger partial charge in [-0.2, -0.15) is 5.26 Å². The molecular weight excluding hydrogens is 212 g/mol. The van der Waals surface area contributed by atoms with E-state index in [1.165, 1.54) is 0 Å². The Labute approximate surface area is 101 Å². The van der Waals surface area contributed by atoms with Crippen molar-refractivity contribution in [3.8, 4) is 17.9 Å². The molecule has 86 valence electrons. The Hall–Kier alpha value is -1.88. The summed E-state index contributed by atoms with van der Waals surface area (Å²) in [6.45, 7) is 4.94. The van der Waals surface area contributed by atoms with Gasteiger partial charge < -0.3 is 5.32 Å². The maximum Gasteiger partial charge on any atom is 0.101 e. The Morgan fingerprint density at radius 3 is 2.82 bits per heavy atom. The van der Waals surface area contributed by atoms with E-state index >= 15 is 0 Å². The highest BCUT2D eigenvalue weighted by molar-refractivity contribution is 5.38. The maximum absolute atomic E-state index is 8.74. The minimum absolute atomic E-state index is 0.555. The molecule has 2 rings (SSSR count). The van der Waals surface area contributed by atoms with E-state index < -0.39 is 0 Å². The molecule has 0 aromatic carbocycles. The molecule has 0 aliphatic carbocycles. The van der Waals surface area contributed by atoms with Gasteiger partial charge in [-0.1, -0.05) is 11.8 Å². The van der Waals surface area contributed by atoms with E-state index in [2.05, 4.69) is 33.1 Å². The van der Waals surface area contributed by atoms with Crippen molar-refractivity contribution in [3.05, 3.63) is 29.6 Å². The fourth-order valence-electron chi connectivity index (χ4n) is 1.69. The lowest BCUT2D eigenvalue weighted by Gasteiger charge is -2.24. The maximum atomic E-state index is 8.74. The van der Waals surface area contributed by atoms with Gasteiger partial charge in [-0.3, -0.25) is 9.88 Å². The molecule has 17 heavy (non-hydrogen) atoms. The second-order valence-corrected chi connectivity index (χ2v) is 3.90. The molecule has 1 N–H and O–H groups in total. The van der Waals surface area contributed by atoms with Crippen LogP contribution in [0.3, 0.4) is 0 Å². The Morgan fingerprint density at radius 2 is 2.06 bits per heavy atom. The van der Waals surface area contributed by atoms with Gasteiger partial charge in [0.15, 0.2) is 0 Å². The second kappa shape index (κ2) is 6.00. The third kappa shape index (κ3) is 3.57. The lowest BCUT2D eigenvalue weighted by Crippen LogP contribution is -2.43. The van der Waals surface area contributed by atoms with Crippen LogP contribution in [0.15, 0.2) is 18.5 Å². The highest BCUT2D eigenvalue weighted by Crippen LogP contribution is 1.99. The molecule has 1 aliphatic rings. The molecule has 0 bridgehead atoms. The van der Waals surface area contributed by atoms with Gasteiger partial charge in [0.05, 0.1) is 12.1 Å². The van der Waals surface area contributed by atoms with Crippen molar-refractivity contribution >= 4 is 0 Å². The highest BCUT2D eigenvalue weighted by Gasteiger charge is 2.06. The van der Waals surface area contributed by atoms with Gasteiger partial charge in [0.1, 0.15) is 6.07 Å². The van der Waals surface area contributed by atoms with Crippen molar-refractivity contribution in [1.82, 2.24) is 15.2 Å². The quantitative estimate of drug-likeness (QED) is 0.696. The van der Waals surface area contributed by atoms with Crippen molar-refractivity contribution in [2.75, 3.05) is 32.7 Å². The average molecular weight is 226 g/mol. The Kier molecular flexibility index (Phi) is 4.10. The van der Waals surface area contributed by atoms with Crippen LogP contribution >= 0.6 is 0 Å². The number of pyridine rings is 1. The van der Waals surface area contributed by atoms with Crippen LogP contribution in [0.1, 0.15) is 11.1 Å². The lowest BCUT2D eigenvalue weighted by molar-refractivity contribution is 0.268. The van der Waals surface area contributed by atoms with Crippen molar-refractivity contribution in [2.24, 2.45) is 0 Å². The zero-order chi connectivity index (χ0) is 11.9. The summed E-state index contributed by atoms with van der Waals surface area (Å²) in [7, 11) is 0. The molecular formula is C13H14N4. The van der Waals surface area contributed by atoms with E-state index in [1.807, 2.05) is 0 Å². The zero-order valence-electron chi connectivity index (χ0n) is 9.61. The summed E-state index contributed by atoms with van der Waals surface area (Å²) in [5.74, 6) is 6.16. The number of piperazine rings is 1. The van der Waals surface area contributed by atoms with Crippen LogP contribution in [-0.4, -0.2) is 42.6 Å². The standard InChI is InChI=1S/C13H14N4/c14-9-13-8-12(10-16-11-13)2-1-5-17-6-3-15-4-7-17/h8,10-11,15H,3-7H2. The van der Waals surface area contributed by atoms with Crippen molar-refractivity contribution in [2.45, 2.75) is 0 Å². The molecule has 0 radical (unpaired) electrons. The van der Waals surface area contributed by atoms with E-state index in [-0.39, 0.29) is 0 Å². The van der Waals surface area contributed by atoms with Gasteiger partial charge in [0.25, 0.3) is 0 Å². The fraction of sp³-hybridized carbons (Fsp3) is 0.385. The van der Waals surface area contributed by atoms with Crippen LogP contribution in [0.2, 0.25) is 0 Å². The van der Waals surface area contributed by atoms with E-state index in [0.29, 0.717) is 5.56 Å². The van der Waals surface area contributed by atoms with E-state index in [9.17, 15) is 0 Å². The van der Waals surface area contributed by atoms with Gasteiger partial charge in [0, 0.05) is 44.1 Å². The first-order chi connectivity index (χ1) is 8.38. The molecule has 4 nitrogen and oxygen atoms in total. The number of nitriles is 1. The first-order valence-corrected chi connectivity index (χ1v) is 5.65. The summed E-state index contributed by atoms with van der Waals surface area (Å²) in [5, 5.41) is 12.0. The van der Waals surface area contributed by atoms with Crippen molar-refractivity contribution in [1.29, 1.82) is 5.26 Å². The second-order valence-electron chi connectivity index (χ2n) is 3.90. The van der Waals surface area contributed by atoms with Gasteiger partial charge in [-0.05, 0) is 6.07 Å². The first-order valence-electron chi connectivity index (χ1n) is 5.65. The number of hydrogen-bond donors (Lipinski definition) is 1. The first kappa shape index (κ1) is 11.6. The molecule has 2 heterocycles. The molecule has 4 heteroatoms. The minimum atomic E-state index is 0.555. The van der Waals surface area contributed by atoms with Gasteiger partial charge >= 0.3 is 0 Å². The van der Waals surface area contributed by atoms with Crippen LogP contribution in [-0.2, 0) is 0 Å². The minimum Gasteiger partial charge on any atom is -0.314 e. The summed E-state index contributed by atoms with van der Waals surface area (Å²) in [4.78, 5) is 6.28. The monoisotopic (exact) mass is 226 g/mol. The predicted molar refractivity (Wildman–Crippen MR) is 65.1 cm³/mol. The number of rotatable bonds is 1. The van der Waals surface area contributed by atoms with E-state index in [4.69, 9.17) is 5.26 Å². The number of hydrogen-bond acceptors (Lipinski definition) is 4. The van der Waals surface area contributed by atoms with Gasteiger partial charge in [-0.25, -0.2) is 0 Å². The largest absolute Gasteiger partial charge is 0.314 e. The molecule has 0 saturated carbocycles. The van der Waals surface area contributed by atoms with E-state index in [0.717, 1.165) is 38.3 Å². The lowest BCUT2D eigenvalue weighted by atomic mass is 10.2. The van der Waals surface area contributed by atoms with Gasteiger partial charge in [-0.15, -0.1) is 0 Å². The van der Waals surface area contributed by atoms with Crippen LogP contribution in [0.4, 0.5) is 0 Å². The Bertz CT molecular complexity index is 472. The molecule has 0 atom stereocenters. The van der Waals surface area contributed by atoms with E-state index in [1.54, 1.807) is 18.5 Å². The summed E-state index contributed by atoms with van der Waals surface area (Å²) in [5.41, 5.74) is 1.36. The molecule has 1 aromatic rings. The molecule has 1 fully saturated rings. The van der Waals surface area contributed by atoms with Crippen LogP contribution in [0, 0.1) is 23.2 Å². The zero-order valence-corrected chi connectivity index (χ0v) is 9.61.